The van der Waals surface area contributed by atoms with E-state index in [2.05, 4.69) is 10.6 Å². The maximum atomic E-state index is 12.6. The van der Waals surface area contributed by atoms with E-state index in [1.807, 2.05) is 26.0 Å². The van der Waals surface area contributed by atoms with Crippen molar-refractivity contribution in [2.75, 3.05) is 26.2 Å². The minimum atomic E-state index is -3.39. The summed E-state index contributed by atoms with van der Waals surface area (Å²) in [5.41, 5.74) is 1.05. The number of nitrogens with zero attached hydrogens (tertiary/aromatic N) is 1. The largest absolute Gasteiger partial charge is 0.338 e. The average molecular weight is 353 g/mol. The summed E-state index contributed by atoms with van der Waals surface area (Å²) in [7, 11) is -3.39. The number of nitrogens with one attached hydrogen (secondary N) is 2. The molecule has 134 valence electrons. The fourth-order valence-corrected chi connectivity index (χ4v) is 4.38. The highest BCUT2D eigenvalue weighted by molar-refractivity contribution is 7.89. The molecule has 1 aliphatic heterocycles. The number of benzene rings is 1. The van der Waals surface area contributed by atoms with Crippen molar-refractivity contribution in [3.05, 3.63) is 29.8 Å². The topological polar surface area (TPSA) is 78.5 Å². The summed E-state index contributed by atoms with van der Waals surface area (Å²) in [5.74, 6) is 0.455. The molecule has 1 aromatic carbocycles. The van der Waals surface area contributed by atoms with Crippen molar-refractivity contribution in [1.82, 2.24) is 14.9 Å². The van der Waals surface area contributed by atoms with Gasteiger partial charge in [0.2, 0.25) is 10.0 Å². The molecule has 1 heterocycles. The van der Waals surface area contributed by atoms with Crippen molar-refractivity contribution >= 4 is 16.1 Å². The molecule has 2 rings (SSSR count). The fourth-order valence-electron chi connectivity index (χ4n) is 2.91. The van der Waals surface area contributed by atoms with Gasteiger partial charge >= 0.3 is 6.03 Å². The summed E-state index contributed by atoms with van der Waals surface area (Å²) in [6.07, 6.45) is 2.56. The number of carbonyl (C=O) groups excluding carboxylic acids is 1. The predicted molar refractivity (Wildman–Crippen MR) is 94.4 cm³/mol. The van der Waals surface area contributed by atoms with Gasteiger partial charge in [-0.05, 0) is 51.2 Å². The molecule has 0 aromatic heterocycles. The third-order valence-corrected chi connectivity index (χ3v) is 6.32. The van der Waals surface area contributed by atoms with Crippen LogP contribution in [0.2, 0.25) is 0 Å². The number of hydrogen-bond acceptors (Lipinski definition) is 3. The van der Waals surface area contributed by atoms with Gasteiger partial charge < -0.3 is 10.6 Å². The maximum Gasteiger partial charge on any atom is 0.314 e. The number of urea groups is 1. The Morgan fingerprint density at radius 2 is 1.79 bits per heavy atom. The number of aryl methyl sites for hydroxylation is 1. The molecule has 0 aliphatic carbocycles. The summed E-state index contributed by atoms with van der Waals surface area (Å²) < 4.78 is 26.9. The van der Waals surface area contributed by atoms with Crippen LogP contribution in [0.5, 0.6) is 0 Å². The van der Waals surface area contributed by atoms with E-state index in [9.17, 15) is 13.2 Å². The third-order valence-electron chi connectivity index (χ3n) is 4.41. The van der Waals surface area contributed by atoms with Gasteiger partial charge in [-0.1, -0.05) is 17.7 Å². The molecule has 1 saturated heterocycles. The molecule has 1 fully saturated rings. The third kappa shape index (κ3) is 4.95. The molecule has 0 radical (unpaired) electrons. The molecule has 2 N–H and O–H groups in total. The first-order valence-corrected chi connectivity index (χ1v) is 9.96. The van der Waals surface area contributed by atoms with E-state index in [0.29, 0.717) is 37.0 Å². The van der Waals surface area contributed by atoms with Crippen molar-refractivity contribution in [2.24, 2.45) is 5.92 Å². The summed E-state index contributed by atoms with van der Waals surface area (Å²) in [6.45, 7) is 6.15. The van der Waals surface area contributed by atoms with Crippen molar-refractivity contribution in [3.63, 3.8) is 0 Å². The number of amides is 2. The van der Waals surface area contributed by atoms with Crippen molar-refractivity contribution in [3.8, 4) is 0 Å². The highest BCUT2D eigenvalue weighted by Gasteiger charge is 2.29. The Morgan fingerprint density at radius 3 is 2.38 bits per heavy atom. The van der Waals surface area contributed by atoms with Crippen LogP contribution < -0.4 is 10.6 Å². The van der Waals surface area contributed by atoms with Gasteiger partial charge in [-0.3, -0.25) is 0 Å². The standard InChI is InChI=1S/C17H27N3O3S/c1-3-18-17(21)19-11-8-15-9-12-20(13-10-15)24(22,23)16-6-4-14(2)5-7-16/h4-7,15H,3,8-13H2,1-2H3,(H2,18,19,21). The van der Waals surface area contributed by atoms with E-state index in [4.69, 9.17) is 0 Å². The zero-order valence-electron chi connectivity index (χ0n) is 14.4. The monoisotopic (exact) mass is 353 g/mol. The second-order valence-corrected chi connectivity index (χ2v) is 8.17. The average Bonchev–Trinajstić information content (AvgIpc) is 2.56. The van der Waals surface area contributed by atoms with Gasteiger partial charge in [0.1, 0.15) is 0 Å². The highest BCUT2D eigenvalue weighted by Crippen LogP contribution is 2.25. The van der Waals surface area contributed by atoms with E-state index < -0.39 is 10.0 Å². The molecule has 6 nitrogen and oxygen atoms in total. The summed E-state index contributed by atoms with van der Waals surface area (Å²) in [4.78, 5) is 11.7. The molecule has 1 aliphatic rings. The van der Waals surface area contributed by atoms with E-state index in [1.54, 1.807) is 16.4 Å². The quantitative estimate of drug-likeness (QED) is 0.822. The number of hydrogen-bond donors (Lipinski definition) is 2. The van der Waals surface area contributed by atoms with Crippen LogP contribution in [0, 0.1) is 12.8 Å². The molecular weight excluding hydrogens is 326 g/mol. The molecule has 0 saturated carbocycles. The van der Waals surface area contributed by atoms with Crippen LogP contribution >= 0.6 is 0 Å². The first-order valence-electron chi connectivity index (χ1n) is 8.52. The summed E-state index contributed by atoms with van der Waals surface area (Å²) in [6, 6.07) is 6.86. The van der Waals surface area contributed by atoms with Crippen LogP contribution in [0.3, 0.4) is 0 Å². The Labute approximate surface area is 144 Å². The fraction of sp³-hybridized carbons (Fsp3) is 0.588. The lowest BCUT2D eigenvalue weighted by Crippen LogP contribution is -2.40. The second kappa shape index (κ2) is 8.48. The predicted octanol–water partition coefficient (Wildman–Crippen LogP) is 2.10. The zero-order valence-corrected chi connectivity index (χ0v) is 15.2. The van der Waals surface area contributed by atoms with Crippen LogP contribution in [0.15, 0.2) is 29.2 Å². The molecule has 0 unspecified atom stereocenters. The highest BCUT2D eigenvalue weighted by atomic mass is 32.2. The van der Waals surface area contributed by atoms with Gasteiger partial charge in [-0.15, -0.1) is 0 Å². The lowest BCUT2D eigenvalue weighted by atomic mass is 9.95. The summed E-state index contributed by atoms with van der Waals surface area (Å²) in [5, 5.41) is 5.52. The molecule has 1 aromatic rings. The molecule has 0 atom stereocenters. The smallest absolute Gasteiger partial charge is 0.314 e. The minimum Gasteiger partial charge on any atom is -0.338 e. The van der Waals surface area contributed by atoms with E-state index in [1.165, 1.54) is 0 Å². The first kappa shape index (κ1) is 18.7. The zero-order chi connectivity index (χ0) is 17.6. The second-order valence-electron chi connectivity index (χ2n) is 6.24. The molecule has 2 amide bonds. The van der Waals surface area contributed by atoms with E-state index >= 15 is 0 Å². The number of rotatable bonds is 6. The van der Waals surface area contributed by atoms with Gasteiger partial charge in [0.25, 0.3) is 0 Å². The summed E-state index contributed by atoms with van der Waals surface area (Å²) >= 11 is 0. The van der Waals surface area contributed by atoms with Gasteiger partial charge in [-0.2, -0.15) is 4.31 Å². The molecule has 24 heavy (non-hydrogen) atoms. The SMILES string of the molecule is CCNC(=O)NCCC1CCN(S(=O)(=O)c2ccc(C)cc2)CC1. The number of carbonyl (C=O) groups is 1. The number of sulfonamides is 1. The Balaban J connectivity index is 1.81. The lowest BCUT2D eigenvalue weighted by molar-refractivity contribution is 0.236. The van der Waals surface area contributed by atoms with Crippen molar-refractivity contribution < 1.29 is 13.2 Å². The molecular formula is C17H27N3O3S. The van der Waals surface area contributed by atoms with Crippen LogP contribution in [0.1, 0.15) is 31.7 Å². The van der Waals surface area contributed by atoms with E-state index in [-0.39, 0.29) is 6.03 Å². The Bertz CT molecular complexity index is 636. The van der Waals surface area contributed by atoms with E-state index in [0.717, 1.165) is 24.8 Å². The first-order chi connectivity index (χ1) is 11.4. The molecule has 0 spiro atoms. The Morgan fingerprint density at radius 1 is 1.17 bits per heavy atom. The van der Waals surface area contributed by atoms with Crippen LogP contribution in [0.25, 0.3) is 0 Å². The Hall–Kier alpha value is -1.60. The van der Waals surface area contributed by atoms with Crippen LogP contribution in [0.4, 0.5) is 4.79 Å². The Kier molecular flexibility index (Phi) is 6.62. The minimum absolute atomic E-state index is 0.142. The normalized spacial score (nSPS) is 16.8. The maximum absolute atomic E-state index is 12.6. The molecule has 7 heteroatoms. The van der Waals surface area contributed by atoms with Crippen LogP contribution in [-0.2, 0) is 10.0 Å². The van der Waals surface area contributed by atoms with Crippen LogP contribution in [-0.4, -0.2) is 44.9 Å². The van der Waals surface area contributed by atoms with Gasteiger partial charge in [0, 0.05) is 26.2 Å². The van der Waals surface area contributed by atoms with Crippen molar-refractivity contribution in [1.29, 1.82) is 0 Å². The van der Waals surface area contributed by atoms with Gasteiger partial charge in [-0.25, -0.2) is 13.2 Å². The lowest BCUT2D eigenvalue weighted by Gasteiger charge is -2.31. The number of piperidine rings is 1. The van der Waals surface area contributed by atoms with Gasteiger partial charge in [0.05, 0.1) is 4.90 Å². The molecule has 0 bridgehead atoms. The van der Waals surface area contributed by atoms with Gasteiger partial charge in [0.15, 0.2) is 0 Å². The van der Waals surface area contributed by atoms with Crippen molar-refractivity contribution in [2.45, 2.75) is 38.0 Å².